The molecule has 0 radical (unpaired) electrons. The fraction of sp³-hybridized carbons (Fsp3) is 0.235. The van der Waals surface area contributed by atoms with E-state index in [1.54, 1.807) is 19.1 Å². The second-order valence-electron chi connectivity index (χ2n) is 4.80. The zero-order valence-electron chi connectivity index (χ0n) is 11.6. The molecule has 1 N–H and O–H groups in total. The maximum atomic E-state index is 9.53. The first-order valence-corrected chi connectivity index (χ1v) is 6.50. The summed E-state index contributed by atoms with van der Waals surface area (Å²) in [4.78, 5) is 0. The van der Waals surface area contributed by atoms with Crippen molar-refractivity contribution in [2.75, 3.05) is 0 Å². The second kappa shape index (κ2) is 6.23. The minimum Gasteiger partial charge on any atom is -0.489 e. The standard InChI is InChI=1S/C17H17NO2/c1-12-9-16(13(2)19)7-8-17(12)20-11-15-5-3-14(10-18)4-6-15/h3-9,13,19H,11H2,1-2H3/t13-/m0/s1. The third-order valence-electron chi connectivity index (χ3n) is 3.16. The lowest BCUT2D eigenvalue weighted by Crippen LogP contribution is -1.99. The summed E-state index contributed by atoms with van der Waals surface area (Å²) in [6.07, 6.45) is -0.471. The monoisotopic (exact) mass is 267 g/mol. The topological polar surface area (TPSA) is 53.2 Å². The van der Waals surface area contributed by atoms with Gasteiger partial charge in [-0.1, -0.05) is 18.2 Å². The summed E-state index contributed by atoms with van der Waals surface area (Å²) in [5.41, 5.74) is 3.54. The molecule has 0 aliphatic rings. The van der Waals surface area contributed by atoms with Crippen molar-refractivity contribution in [2.24, 2.45) is 0 Å². The molecule has 0 aromatic heterocycles. The van der Waals surface area contributed by atoms with Crippen LogP contribution in [0.4, 0.5) is 0 Å². The van der Waals surface area contributed by atoms with E-state index in [2.05, 4.69) is 6.07 Å². The van der Waals surface area contributed by atoms with Crippen LogP contribution in [0.2, 0.25) is 0 Å². The van der Waals surface area contributed by atoms with Gasteiger partial charge in [0, 0.05) is 0 Å². The lowest BCUT2D eigenvalue weighted by atomic mass is 10.1. The summed E-state index contributed by atoms with van der Waals surface area (Å²) in [5, 5.41) is 18.3. The minimum absolute atomic E-state index is 0.459. The Morgan fingerprint density at radius 3 is 2.45 bits per heavy atom. The molecule has 0 saturated carbocycles. The van der Waals surface area contributed by atoms with Gasteiger partial charge < -0.3 is 9.84 Å². The number of hydrogen-bond donors (Lipinski definition) is 1. The third-order valence-corrected chi connectivity index (χ3v) is 3.16. The van der Waals surface area contributed by atoms with Gasteiger partial charge in [-0.05, 0) is 54.8 Å². The Morgan fingerprint density at radius 2 is 1.90 bits per heavy atom. The highest BCUT2D eigenvalue weighted by molar-refractivity contribution is 5.37. The highest BCUT2D eigenvalue weighted by atomic mass is 16.5. The van der Waals surface area contributed by atoms with Gasteiger partial charge in [0.2, 0.25) is 0 Å². The van der Waals surface area contributed by atoms with Crippen LogP contribution in [0.25, 0.3) is 0 Å². The molecule has 2 aromatic rings. The van der Waals surface area contributed by atoms with Gasteiger partial charge in [-0.25, -0.2) is 0 Å². The SMILES string of the molecule is Cc1cc([C@H](C)O)ccc1OCc1ccc(C#N)cc1. The Kier molecular flexibility index (Phi) is 4.39. The molecule has 0 spiro atoms. The Bertz CT molecular complexity index is 624. The highest BCUT2D eigenvalue weighted by Crippen LogP contribution is 2.23. The van der Waals surface area contributed by atoms with E-state index in [0.717, 1.165) is 22.4 Å². The molecule has 3 heteroatoms. The van der Waals surface area contributed by atoms with Gasteiger partial charge in [0.1, 0.15) is 12.4 Å². The van der Waals surface area contributed by atoms with Gasteiger partial charge in [0.05, 0.1) is 17.7 Å². The molecule has 0 amide bonds. The van der Waals surface area contributed by atoms with Crippen LogP contribution >= 0.6 is 0 Å². The van der Waals surface area contributed by atoms with Crippen molar-refractivity contribution in [1.82, 2.24) is 0 Å². The third kappa shape index (κ3) is 3.37. The molecule has 2 aromatic carbocycles. The predicted octanol–water partition coefficient (Wildman–Crippen LogP) is 3.50. The number of nitrogens with zero attached hydrogens (tertiary/aromatic N) is 1. The average molecular weight is 267 g/mol. The molecule has 0 bridgehead atoms. The van der Waals surface area contributed by atoms with Gasteiger partial charge in [-0.2, -0.15) is 5.26 Å². The summed E-state index contributed by atoms with van der Waals surface area (Å²) >= 11 is 0. The molecule has 0 heterocycles. The van der Waals surface area contributed by atoms with Crippen molar-refractivity contribution in [3.63, 3.8) is 0 Å². The lowest BCUT2D eigenvalue weighted by molar-refractivity contribution is 0.199. The van der Waals surface area contributed by atoms with E-state index in [-0.39, 0.29) is 0 Å². The van der Waals surface area contributed by atoms with Gasteiger partial charge in [-0.15, -0.1) is 0 Å². The largest absolute Gasteiger partial charge is 0.489 e. The summed E-state index contributed by atoms with van der Waals surface area (Å²) in [5.74, 6) is 0.804. The van der Waals surface area contributed by atoms with Crippen molar-refractivity contribution in [3.8, 4) is 11.8 Å². The van der Waals surface area contributed by atoms with Crippen LogP contribution in [0.1, 0.15) is 35.3 Å². The van der Waals surface area contributed by atoms with Crippen LogP contribution in [0.5, 0.6) is 5.75 Å². The van der Waals surface area contributed by atoms with E-state index in [4.69, 9.17) is 10.00 Å². The Hall–Kier alpha value is -2.31. The molecule has 0 fully saturated rings. The van der Waals surface area contributed by atoms with Crippen LogP contribution in [0, 0.1) is 18.3 Å². The Balaban J connectivity index is 2.05. The van der Waals surface area contributed by atoms with Gasteiger partial charge in [0.25, 0.3) is 0 Å². The molecule has 0 aliphatic heterocycles. The number of rotatable bonds is 4. The number of aliphatic hydroxyl groups is 1. The van der Waals surface area contributed by atoms with Crippen molar-refractivity contribution in [2.45, 2.75) is 26.6 Å². The molecule has 0 saturated heterocycles. The molecular formula is C17H17NO2. The summed E-state index contributed by atoms with van der Waals surface area (Å²) < 4.78 is 5.77. The number of ether oxygens (including phenoxy) is 1. The van der Waals surface area contributed by atoms with Crippen molar-refractivity contribution in [3.05, 3.63) is 64.7 Å². The van der Waals surface area contributed by atoms with Crippen LogP contribution in [-0.4, -0.2) is 5.11 Å². The second-order valence-corrected chi connectivity index (χ2v) is 4.80. The van der Waals surface area contributed by atoms with E-state index in [1.807, 2.05) is 37.3 Å². The van der Waals surface area contributed by atoms with E-state index < -0.39 is 6.10 Å². The smallest absolute Gasteiger partial charge is 0.122 e. The van der Waals surface area contributed by atoms with E-state index in [0.29, 0.717) is 12.2 Å². The van der Waals surface area contributed by atoms with Crippen LogP contribution in [-0.2, 0) is 6.61 Å². The first kappa shape index (κ1) is 14.1. The van der Waals surface area contributed by atoms with E-state index in [1.165, 1.54) is 0 Å². The number of hydrogen-bond acceptors (Lipinski definition) is 3. The number of benzene rings is 2. The van der Waals surface area contributed by atoms with Gasteiger partial charge in [-0.3, -0.25) is 0 Å². The zero-order chi connectivity index (χ0) is 14.5. The first-order valence-electron chi connectivity index (χ1n) is 6.50. The highest BCUT2D eigenvalue weighted by Gasteiger charge is 2.05. The fourth-order valence-electron chi connectivity index (χ4n) is 1.93. The lowest BCUT2D eigenvalue weighted by Gasteiger charge is -2.12. The number of aliphatic hydroxyl groups excluding tert-OH is 1. The molecule has 3 nitrogen and oxygen atoms in total. The van der Waals surface area contributed by atoms with Crippen molar-refractivity contribution in [1.29, 1.82) is 5.26 Å². The Labute approximate surface area is 119 Å². The van der Waals surface area contributed by atoms with Crippen LogP contribution < -0.4 is 4.74 Å². The maximum absolute atomic E-state index is 9.53. The van der Waals surface area contributed by atoms with Gasteiger partial charge >= 0.3 is 0 Å². The molecule has 2 rings (SSSR count). The minimum atomic E-state index is -0.471. The summed E-state index contributed by atoms with van der Waals surface area (Å²) in [7, 11) is 0. The molecule has 20 heavy (non-hydrogen) atoms. The molecule has 1 atom stereocenters. The molecule has 0 unspecified atom stereocenters. The predicted molar refractivity (Wildman–Crippen MR) is 77.3 cm³/mol. The zero-order valence-corrected chi connectivity index (χ0v) is 11.6. The van der Waals surface area contributed by atoms with Crippen molar-refractivity contribution >= 4 is 0 Å². The molecule has 0 aliphatic carbocycles. The van der Waals surface area contributed by atoms with Crippen LogP contribution in [0.3, 0.4) is 0 Å². The van der Waals surface area contributed by atoms with E-state index >= 15 is 0 Å². The Morgan fingerprint density at radius 1 is 1.20 bits per heavy atom. The quantitative estimate of drug-likeness (QED) is 0.922. The van der Waals surface area contributed by atoms with Gasteiger partial charge in [0.15, 0.2) is 0 Å². The number of aryl methyl sites for hydroxylation is 1. The average Bonchev–Trinajstić information content (AvgIpc) is 2.46. The van der Waals surface area contributed by atoms with Crippen molar-refractivity contribution < 1.29 is 9.84 Å². The number of nitriles is 1. The molecule has 102 valence electrons. The maximum Gasteiger partial charge on any atom is 0.122 e. The summed E-state index contributed by atoms with van der Waals surface area (Å²) in [6.45, 7) is 4.16. The fourth-order valence-corrected chi connectivity index (χ4v) is 1.93. The summed E-state index contributed by atoms with van der Waals surface area (Å²) in [6, 6.07) is 15.1. The van der Waals surface area contributed by atoms with E-state index in [9.17, 15) is 5.11 Å². The first-order chi connectivity index (χ1) is 9.60. The molecular weight excluding hydrogens is 250 g/mol. The van der Waals surface area contributed by atoms with Crippen LogP contribution in [0.15, 0.2) is 42.5 Å². The normalized spacial score (nSPS) is 11.7.